The van der Waals surface area contributed by atoms with E-state index in [1.54, 1.807) is 20.8 Å². The molecule has 110 valence electrons. The number of rotatable bonds is 3. The van der Waals surface area contributed by atoms with Gasteiger partial charge in [0.05, 0.1) is 6.54 Å². The van der Waals surface area contributed by atoms with Gasteiger partial charge in [0.25, 0.3) is 0 Å². The van der Waals surface area contributed by atoms with Crippen molar-refractivity contribution in [3.05, 3.63) is 29.3 Å². The summed E-state index contributed by atoms with van der Waals surface area (Å²) in [5.41, 5.74) is -1.41. The molecule has 0 heterocycles. The van der Waals surface area contributed by atoms with E-state index in [4.69, 9.17) is 14.8 Å². The standard InChI is InChI=1S/C12H16BF2NO4/c1-12(2,3)20-11(17)16-6-8-9(14)4-7(13(18)19)5-10(8)15/h4-5,18-19H,6H2,1-3H3,(H,16,17). The number of ether oxygens (including phenoxy) is 1. The minimum absolute atomic E-state index is 0.305. The Balaban J connectivity index is 2.77. The van der Waals surface area contributed by atoms with Crippen molar-refractivity contribution in [2.24, 2.45) is 0 Å². The van der Waals surface area contributed by atoms with Crippen molar-refractivity contribution in [1.29, 1.82) is 0 Å². The fourth-order valence-electron chi connectivity index (χ4n) is 1.42. The Morgan fingerprint density at radius 2 is 1.80 bits per heavy atom. The number of carbonyl (C=O) groups is 1. The van der Waals surface area contributed by atoms with Crippen LogP contribution in [0, 0.1) is 11.6 Å². The molecule has 1 aromatic rings. The molecule has 20 heavy (non-hydrogen) atoms. The van der Waals surface area contributed by atoms with Crippen LogP contribution >= 0.6 is 0 Å². The van der Waals surface area contributed by atoms with E-state index in [0.717, 1.165) is 12.1 Å². The molecule has 5 nitrogen and oxygen atoms in total. The summed E-state index contributed by atoms with van der Waals surface area (Å²) >= 11 is 0. The maximum Gasteiger partial charge on any atom is 0.488 e. The van der Waals surface area contributed by atoms with Gasteiger partial charge >= 0.3 is 13.2 Å². The maximum absolute atomic E-state index is 13.6. The van der Waals surface area contributed by atoms with Crippen LogP contribution in [0.25, 0.3) is 0 Å². The molecule has 0 radical (unpaired) electrons. The number of benzene rings is 1. The summed E-state index contributed by atoms with van der Waals surface area (Å²) in [7, 11) is -1.97. The van der Waals surface area contributed by atoms with Crippen LogP contribution in [0.3, 0.4) is 0 Å². The third-order valence-corrected chi connectivity index (χ3v) is 2.27. The van der Waals surface area contributed by atoms with Gasteiger partial charge in [0.15, 0.2) is 0 Å². The second-order valence-corrected chi connectivity index (χ2v) is 5.19. The van der Waals surface area contributed by atoms with Gasteiger partial charge < -0.3 is 20.1 Å². The van der Waals surface area contributed by atoms with Crippen molar-refractivity contribution < 1.29 is 28.4 Å². The summed E-state index contributed by atoms with van der Waals surface area (Å²) in [6.07, 6.45) is -0.803. The first-order valence-corrected chi connectivity index (χ1v) is 5.91. The fourth-order valence-corrected chi connectivity index (χ4v) is 1.42. The normalized spacial score (nSPS) is 11.2. The molecular weight excluding hydrogens is 271 g/mol. The Bertz CT molecular complexity index is 480. The van der Waals surface area contributed by atoms with Crippen LogP contribution < -0.4 is 10.8 Å². The van der Waals surface area contributed by atoms with Gasteiger partial charge in [-0.1, -0.05) is 0 Å². The highest BCUT2D eigenvalue weighted by atomic mass is 19.1. The molecule has 0 saturated heterocycles. The van der Waals surface area contributed by atoms with Gasteiger partial charge in [-0.25, -0.2) is 13.6 Å². The molecular formula is C12H16BF2NO4. The van der Waals surface area contributed by atoms with Gasteiger partial charge in [-0.2, -0.15) is 0 Å². The highest BCUT2D eigenvalue weighted by Gasteiger charge is 2.20. The summed E-state index contributed by atoms with van der Waals surface area (Å²) in [6.45, 7) is 4.57. The van der Waals surface area contributed by atoms with Crippen LogP contribution in [-0.2, 0) is 11.3 Å². The lowest BCUT2D eigenvalue weighted by Gasteiger charge is -2.19. The number of alkyl carbamates (subject to hydrolysis) is 1. The van der Waals surface area contributed by atoms with Crippen LogP contribution in [0.5, 0.6) is 0 Å². The number of nitrogens with one attached hydrogen (secondary N) is 1. The number of halogens is 2. The molecule has 1 rings (SSSR count). The first-order chi connectivity index (χ1) is 9.10. The van der Waals surface area contributed by atoms with Crippen LogP contribution in [0.4, 0.5) is 13.6 Å². The van der Waals surface area contributed by atoms with Crippen molar-refractivity contribution in [3.8, 4) is 0 Å². The molecule has 0 saturated carbocycles. The zero-order chi connectivity index (χ0) is 15.5. The topological polar surface area (TPSA) is 78.8 Å². The monoisotopic (exact) mass is 287 g/mol. The predicted molar refractivity (Wildman–Crippen MR) is 69.3 cm³/mol. The quantitative estimate of drug-likeness (QED) is 0.714. The number of amides is 1. The van der Waals surface area contributed by atoms with Gasteiger partial charge in [0.1, 0.15) is 17.2 Å². The molecule has 1 amide bonds. The van der Waals surface area contributed by atoms with Crippen LogP contribution in [0.2, 0.25) is 0 Å². The Hall–Kier alpha value is -1.67. The smallest absolute Gasteiger partial charge is 0.444 e. The summed E-state index contributed by atoms with van der Waals surface area (Å²) in [4.78, 5) is 11.4. The van der Waals surface area contributed by atoms with E-state index in [9.17, 15) is 13.6 Å². The molecule has 0 aromatic heterocycles. The molecule has 0 aliphatic carbocycles. The van der Waals surface area contributed by atoms with Crippen molar-refractivity contribution in [2.45, 2.75) is 32.9 Å². The lowest BCUT2D eigenvalue weighted by molar-refractivity contribution is 0.0522. The van der Waals surface area contributed by atoms with E-state index < -0.39 is 37.0 Å². The van der Waals surface area contributed by atoms with Gasteiger partial charge in [0, 0.05) is 5.56 Å². The second kappa shape index (κ2) is 6.19. The van der Waals surface area contributed by atoms with Gasteiger partial charge in [0.2, 0.25) is 0 Å². The summed E-state index contributed by atoms with van der Waals surface area (Å²) in [5.74, 6) is -1.96. The van der Waals surface area contributed by atoms with Crippen LogP contribution in [0.15, 0.2) is 12.1 Å². The van der Waals surface area contributed by atoms with E-state index in [1.807, 2.05) is 0 Å². The average Bonchev–Trinajstić information content (AvgIpc) is 2.24. The Kier molecular flexibility index (Phi) is 5.07. The largest absolute Gasteiger partial charge is 0.488 e. The minimum Gasteiger partial charge on any atom is -0.444 e. The van der Waals surface area contributed by atoms with E-state index in [-0.39, 0.29) is 11.0 Å². The lowest BCUT2D eigenvalue weighted by atomic mass is 9.80. The van der Waals surface area contributed by atoms with Crippen molar-refractivity contribution >= 4 is 18.7 Å². The molecule has 0 fully saturated rings. The Morgan fingerprint density at radius 3 is 2.20 bits per heavy atom. The third kappa shape index (κ3) is 4.78. The Morgan fingerprint density at radius 1 is 1.30 bits per heavy atom. The highest BCUT2D eigenvalue weighted by Crippen LogP contribution is 2.12. The van der Waals surface area contributed by atoms with E-state index in [2.05, 4.69) is 5.32 Å². The molecule has 0 unspecified atom stereocenters. The highest BCUT2D eigenvalue weighted by molar-refractivity contribution is 6.58. The number of hydrogen-bond acceptors (Lipinski definition) is 4. The molecule has 3 N–H and O–H groups in total. The maximum atomic E-state index is 13.6. The van der Waals surface area contributed by atoms with Crippen molar-refractivity contribution in [1.82, 2.24) is 5.32 Å². The predicted octanol–water partition coefficient (Wildman–Crippen LogP) is 0.669. The Labute approximate surface area is 115 Å². The van der Waals surface area contributed by atoms with Crippen LogP contribution in [0.1, 0.15) is 26.3 Å². The zero-order valence-corrected chi connectivity index (χ0v) is 11.4. The molecule has 1 aromatic carbocycles. The third-order valence-electron chi connectivity index (χ3n) is 2.27. The molecule has 0 aliphatic rings. The molecule has 0 spiro atoms. The van der Waals surface area contributed by atoms with E-state index in [0.29, 0.717) is 0 Å². The SMILES string of the molecule is CC(C)(C)OC(=O)NCc1c(F)cc(B(O)O)cc1F. The first-order valence-electron chi connectivity index (χ1n) is 5.91. The summed E-state index contributed by atoms with van der Waals surface area (Å²) < 4.78 is 32.1. The average molecular weight is 287 g/mol. The zero-order valence-electron chi connectivity index (χ0n) is 11.4. The van der Waals surface area contributed by atoms with Crippen molar-refractivity contribution in [3.63, 3.8) is 0 Å². The lowest BCUT2D eigenvalue weighted by Crippen LogP contribution is -2.34. The fraction of sp³-hybridized carbons (Fsp3) is 0.417. The molecule has 0 aliphatic heterocycles. The summed E-state index contributed by atoms with van der Waals surface area (Å²) in [5, 5.41) is 19.9. The molecule has 0 bridgehead atoms. The van der Waals surface area contributed by atoms with Crippen molar-refractivity contribution in [2.75, 3.05) is 0 Å². The number of carbonyl (C=O) groups excluding carboxylic acids is 1. The van der Waals surface area contributed by atoms with Gasteiger partial charge in [-0.15, -0.1) is 0 Å². The summed E-state index contributed by atoms with van der Waals surface area (Å²) in [6, 6.07) is 1.58. The van der Waals surface area contributed by atoms with E-state index >= 15 is 0 Å². The van der Waals surface area contributed by atoms with E-state index in [1.165, 1.54) is 0 Å². The molecule has 8 heteroatoms. The van der Waals surface area contributed by atoms with Gasteiger partial charge in [-0.05, 0) is 38.4 Å². The first kappa shape index (κ1) is 16.4. The minimum atomic E-state index is -1.97. The van der Waals surface area contributed by atoms with Gasteiger partial charge in [-0.3, -0.25) is 0 Å². The number of hydrogen-bond donors (Lipinski definition) is 3. The van der Waals surface area contributed by atoms with Crippen LogP contribution in [-0.4, -0.2) is 28.9 Å². The second-order valence-electron chi connectivity index (χ2n) is 5.19. The molecule has 0 atom stereocenters.